The van der Waals surface area contributed by atoms with Gasteiger partial charge in [0.1, 0.15) is 18.0 Å². The number of thioether (sulfide) groups is 1. The standard InChI is InChI=1S/C21H26N2O6S/c1-13(2)29-19(24)12-23-20(25)18(30-21(23)26)10-14-9-17(28-4)15(11-16(14)27-3)22-7-5-6-8-22/h9-11,13H,5-8,12H2,1-4H3/b18-10+. The first-order chi connectivity index (χ1) is 14.3. The minimum atomic E-state index is -0.622. The topological polar surface area (TPSA) is 85.4 Å². The van der Waals surface area contributed by atoms with E-state index in [9.17, 15) is 14.4 Å². The summed E-state index contributed by atoms with van der Waals surface area (Å²) in [5.41, 5.74) is 1.56. The molecule has 2 heterocycles. The molecule has 0 aromatic heterocycles. The molecule has 2 aliphatic heterocycles. The van der Waals surface area contributed by atoms with Gasteiger partial charge in [0.15, 0.2) is 0 Å². The second kappa shape index (κ2) is 9.42. The molecular formula is C21H26N2O6S. The van der Waals surface area contributed by atoms with Gasteiger partial charge < -0.3 is 19.1 Å². The molecule has 0 radical (unpaired) electrons. The van der Waals surface area contributed by atoms with Crippen molar-refractivity contribution in [2.75, 3.05) is 38.8 Å². The zero-order valence-corrected chi connectivity index (χ0v) is 18.4. The number of nitrogens with zero attached hydrogens (tertiary/aromatic N) is 2. The first-order valence-electron chi connectivity index (χ1n) is 9.80. The molecular weight excluding hydrogens is 408 g/mol. The van der Waals surface area contributed by atoms with E-state index in [2.05, 4.69) is 4.90 Å². The van der Waals surface area contributed by atoms with Gasteiger partial charge in [0.2, 0.25) is 0 Å². The molecule has 8 nitrogen and oxygen atoms in total. The Bertz CT molecular complexity index is 876. The summed E-state index contributed by atoms with van der Waals surface area (Å²) >= 11 is 0.784. The highest BCUT2D eigenvalue weighted by atomic mass is 32.2. The Hall–Kier alpha value is -2.68. The number of esters is 1. The molecule has 162 valence electrons. The van der Waals surface area contributed by atoms with Crippen molar-refractivity contribution in [3.63, 3.8) is 0 Å². The summed E-state index contributed by atoms with van der Waals surface area (Å²) in [6, 6.07) is 3.69. The summed E-state index contributed by atoms with van der Waals surface area (Å²) in [5.74, 6) is 0.0884. The molecule has 2 fully saturated rings. The number of amides is 2. The first-order valence-corrected chi connectivity index (χ1v) is 10.6. The van der Waals surface area contributed by atoms with E-state index in [0.717, 1.165) is 48.3 Å². The van der Waals surface area contributed by atoms with Crippen molar-refractivity contribution in [2.45, 2.75) is 32.8 Å². The maximum absolute atomic E-state index is 12.7. The number of imide groups is 1. The summed E-state index contributed by atoms with van der Waals surface area (Å²) in [6.07, 6.45) is 3.52. The van der Waals surface area contributed by atoms with Crippen LogP contribution < -0.4 is 14.4 Å². The van der Waals surface area contributed by atoms with Crippen molar-refractivity contribution < 1.29 is 28.6 Å². The maximum Gasteiger partial charge on any atom is 0.326 e. The van der Waals surface area contributed by atoms with Crippen molar-refractivity contribution >= 4 is 40.6 Å². The fourth-order valence-corrected chi connectivity index (χ4v) is 4.26. The quantitative estimate of drug-likeness (QED) is 0.477. The fraction of sp³-hybridized carbons (Fsp3) is 0.476. The number of ether oxygens (including phenoxy) is 3. The molecule has 1 aromatic rings. The molecule has 2 aliphatic rings. The van der Waals surface area contributed by atoms with Crippen LogP contribution in [-0.2, 0) is 14.3 Å². The lowest BCUT2D eigenvalue weighted by atomic mass is 10.1. The van der Waals surface area contributed by atoms with Crippen molar-refractivity contribution in [2.24, 2.45) is 0 Å². The Morgan fingerprint density at radius 3 is 2.40 bits per heavy atom. The number of benzene rings is 1. The van der Waals surface area contributed by atoms with Crippen LogP contribution in [0.4, 0.5) is 10.5 Å². The van der Waals surface area contributed by atoms with E-state index in [4.69, 9.17) is 14.2 Å². The summed E-state index contributed by atoms with van der Waals surface area (Å²) in [4.78, 5) is 40.2. The number of methoxy groups -OCH3 is 2. The van der Waals surface area contributed by atoms with Gasteiger partial charge in [-0.25, -0.2) is 0 Å². The van der Waals surface area contributed by atoms with Crippen LogP contribution in [0.2, 0.25) is 0 Å². The third-order valence-electron chi connectivity index (χ3n) is 4.79. The van der Waals surface area contributed by atoms with Crippen LogP contribution >= 0.6 is 11.8 Å². The number of carbonyl (C=O) groups is 3. The zero-order chi connectivity index (χ0) is 21.8. The SMILES string of the molecule is COc1cc(N2CCCC2)c(OC)cc1/C=C1/SC(=O)N(CC(=O)OC(C)C)C1=O. The van der Waals surface area contributed by atoms with Crippen LogP contribution in [0.1, 0.15) is 32.3 Å². The molecule has 9 heteroatoms. The average Bonchev–Trinajstić information content (AvgIpc) is 3.32. The molecule has 0 atom stereocenters. The highest BCUT2D eigenvalue weighted by molar-refractivity contribution is 8.18. The van der Waals surface area contributed by atoms with Crippen molar-refractivity contribution in [1.82, 2.24) is 4.90 Å². The van der Waals surface area contributed by atoms with Gasteiger partial charge >= 0.3 is 5.97 Å². The Morgan fingerprint density at radius 2 is 1.80 bits per heavy atom. The first kappa shape index (κ1) is 22.0. The minimum absolute atomic E-state index is 0.214. The van der Waals surface area contributed by atoms with Gasteiger partial charge in [-0.3, -0.25) is 19.3 Å². The predicted molar refractivity (Wildman–Crippen MR) is 115 cm³/mol. The summed E-state index contributed by atoms with van der Waals surface area (Å²) in [5, 5.41) is -0.508. The number of rotatable bonds is 7. The molecule has 0 saturated carbocycles. The Labute approximate surface area is 180 Å². The minimum Gasteiger partial charge on any atom is -0.496 e. The Kier molecular flexibility index (Phi) is 6.91. The van der Waals surface area contributed by atoms with Crippen molar-refractivity contribution in [3.8, 4) is 11.5 Å². The Balaban J connectivity index is 1.87. The normalized spacial score (nSPS) is 18.0. The van der Waals surface area contributed by atoms with E-state index < -0.39 is 23.7 Å². The number of hydrogen-bond acceptors (Lipinski definition) is 8. The number of hydrogen-bond donors (Lipinski definition) is 0. The van der Waals surface area contributed by atoms with Crippen LogP contribution in [0.15, 0.2) is 17.0 Å². The highest BCUT2D eigenvalue weighted by Crippen LogP contribution is 2.40. The number of anilines is 1. The summed E-state index contributed by atoms with van der Waals surface area (Å²) in [6.45, 7) is 4.90. The second-order valence-electron chi connectivity index (χ2n) is 7.27. The fourth-order valence-electron chi connectivity index (χ4n) is 3.43. The molecule has 0 unspecified atom stereocenters. The molecule has 0 bridgehead atoms. The van der Waals surface area contributed by atoms with Gasteiger partial charge in [0, 0.05) is 24.7 Å². The van der Waals surface area contributed by atoms with Crippen LogP contribution in [0.3, 0.4) is 0 Å². The summed E-state index contributed by atoms with van der Waals surface area (Å²) in [7, 11) is 3.15. The van der Waals surface area contributed by atoms with E-state index in [1.165, 1.54) is 0 Å². The largest absolute Gasteiger partial charge is 0.496 e. The number of carbonyl (C=O) groups excluding carboxylic acids is 3. The smallest absolute Gasteiger partial charge is 0.326 e. The van der Waals surface area contributed by atoms with Gasteiger partial charge in [0.05, 0.1) is 30.9 Å². The van der Waals surface area contributed by atoms with E-state index in [0.29, 0.717) is 17.1 Å². The van der Waals surface area contributed by atoms with Gasteiger partial charge in [0.25, 0.3) is 11.1 Å². The van der Waals surface area contributed by atoms with E-state index in [1.54, 1.807) is 40.2 Å². The predicted octanol–water partition coefficient (Wildman–Crippen LogP) is 3.29. The molecule has 0 N–H and O–H groups in total. The molecule has 0 aliphatic carbocycles. The van der Waals surface area contributed by atoms with Gasteiger partial charge in [-0.05, 0) is 50.6 Å². The Morgan fingerprint density at radius 1 is 1.13 bits per heavy atom. The van der Waals surface area contributed by atoms with Crippen LogP contribution in [0.25, 0.3) is 6.08 Å². The molecule has 30 heavy (non-hydrogen) atoms. The van der Waals surface area contributed by atoms with Crippen LogP contribution in [0.5, 0.6) is 11.5 Å². The van der Waals surface area contributed by atoms with Crippen molar-refractivity contribution in [1.29, 1.82) is 0 Å². The lowest BCUT2D eigenvalue weighted by Crippen LogP contribution is -2.35. The highest BCUT2D eigenvalue weighted by Gasteiger charge is 2.37. The molecule has 2 amide bonds. The van der Waals surface area contributed by atoms with E-state index >= 15 is 0 Å². The lowest BCUT2D eigenvalue weighted by molar-refractivity contribution is -0.149. The average molecular weight is 435 g/mol. The molecule has 3 rings (SSSR count). The molecule has 2 saturated heterocycles. The zero-order valence-electron chi connectivity index (χ0n) is 17.6. The third kappa shape index (κ3) is 4.72. The summed E-state index contributed by atoms with van der Waals surface area (Å²) < 4.78 is 16.1. The molecule has 1 aromatic carbocycles. The van der Waals surface area contributed by atoms with Crippen LogP contribution in [-0.4, -0.2) is 62.0 Å². The van der Waals surface area contributed by atoms with Gasteiger partial charge in [-0.2, -0.15) is 0 Å². The van der Waals surface area contributed by atoms with E-state index in [-0.39, 0.29) is 11.0 Å². The second-order valence-corrected chi connectivity index (χ2v) is 8.26. The monoisotopic (exact) mass is 434 g/mol. The van der Waals surface area contributed by atoms with Crippen molar-refractivity contribution in [3.05, 3.63) is 22.6 Å². The third-order valence-corrected chi connectivity index (χ3v) is 5.70. The van der Waals surface area contributed by atoms with Gasteiger partial charge in [-0.1, -0.05) is 0 Å². The van der Waals surface area contributed by atoms with E-state index in [1.807, 2.05) is 6.07 Å². The van der Waals surface area contributed by atoms with Gasteiger partial charge in [-0.15, -0.1) is 0 Å². The van der Waals surface area contributed by atoms with Crippen LogP contribution in [0, 0.1) is 0 Å². The molecule has 0 spiro atoms. The lowest BCUT2D eigenvalue weighted by Gasteiger charge is -2.22. The maximum atomic E-state index is 12.7.